The number of halogens is 1. The van der Waals surface area contributed by atoms with Crippen molar-refractivity contribution < 1.29 is 5.48 Å². The van der Waals surface area contributed by atoms with Gasteiger partial charge in [0.2, 0.25) is 0 Å². The second-order valence-electron chi connectivity index (χ2n) is 2.47. The molecule has 0 radical (unpaired) electrons. The lowest BCUT2D eigenvalue weighted by Gasteiger charge is -1.96. The molecule has 0 fully saturated rings. The summed E-state index contributed by atoms with van der Waals surface area (Å²) >= 11 is 3.19. The number of imidazole rings is 1. The minimum atomic E-state index is -0.0991. The standard InChI is InChI=1S/C8H5BrN4/c9-6-3-11-7-4-12-8-5(13(6)7)1-2-10-8/h1-4,10H/i1D,2D,3D,4D. The molecule has 64 valence electrons. The highest BCUT2D eigenvalue weighted by atomic mass is 79.9. The van der Waals surface area contributed by atoms with Gasteiger partial charge >= 0.3 is 0 Å². The Morgan fingerprint density at radius 3 is 3.31 bits per heavy atom. The van der Waals surface area contributed by atoms with E-state index in [-0.39, 0.29) is 35.9 Å². The molecule has 3 rings (SSSR count). The summed E-state index contributed by atoms with van der Waals surface area (Å²) in [6, 6.07) is -0.0319. The SMILES string of the molecule is [2H]c1nc2c([2H])nc3[nH]c([2H])c([2H])c3n2c1Br. The van der Waals surface area contributed by atoms with Gasteiger partial charge in [0.15, 0.2) is 11.3 Å². The van der Waals surface area contributed by atoms with Gasteiger partial charge in [0.1, 0.15) is 4.60 Å². The first-order valence-corrected chi connectivity index (χ1v) is 4.30. The summed E-state index contributed by atoms with van der Waals surface area (Å²) in [5, 5.41) is 0. The van der Waals surface area contributed by atoms with Gasteiger partial charge in [-0.1, -0.05) is 0 Å². The van der Waals surface area contributed by atoms with Crippen LogP contribution in [0.3, 0.4) is 0 Å². The van der Waals surface area contributed by atoms with Crippen molar-refractivity contribution in [3.63, 3.8) is 0 Å². The molecule has 0 spiro atoms. The number of aromatic amines is 1. The van der Waals surface area contributed by atoms with Crippen molar-refractivity contribution in [1.82, 2.24) is 19.4 Å². The summed E-state index contributed by atoms with van der Waals surface area (Å²) in [6.45, 7) is 0. The fourth-order valence-electron chi connectivity index (χ4n) is 1.19. The van der Waals surface area contributed by atoms with Gasteiger partial charge < -0.3 is 4.98 Å². The number of fused-ring (bicyclic) bond motifs is 3. The Balaban J connectivity index is 2.69. The Hall–Kier alpha value is -1.36. The van der Waals surface area contributed by atoms with E-state index in [1.807, 2.05) is 0 Å². The minimum absolute atomic E-state index is 0.0278. The Kier molecular flexibility index (Phi) is 0.756. The molecule has 0 saturated heterocycles. The maximum atomic E-state index is 7.78. The lowest BCUT2D eigenvalue weighted by Crippen LogP contribution is -1.88. The third kappa shape index (κ3) is 0.846. The maximum Gasteiger partial charge on any atom is 0.156 e. The van der Waals surface area contributed by atoms with E-state index in [0.717, 1.165) is 0 Å². The zero-order chi connectivity index (χ0) is 12.3. The number of H-pyrrole nitrogens is 1. The highest BCUT2D eigenvalue weighted by molar-refractivity contribution is 9.10. The first kappa shape index (κ1) is 4.23. The molecular formula is C8H5BrN4. The Bertz CT molecular complexity index is 762. The molecule has 0 amide bonds. The van der Waals surface area contributed by atoms with Crippen molar-refractivity contribution in [2.45, 2.75) is 0 Å². The van der Waals surface area contributed by atoms with Crippen LogP contribution in [0.4, 0.5) is 0 Å². The smallest absolute Gasteiger partial charge is 0.156 e. The molecule has 5 heteroatoms. The first-order valence-electron chi connectivity index (χ1n) is 5.50. The predicted molar refractivity (Wildman–Crippen MR) is 52.5 cm³/mol. The van der Waals surface area contributed by atoms with Crippen molar-refractivity contribution in [2.75, 3.05) is 0 Å². The van der Waals surface area contributed by atoms with Crippen LogP contribution >= 0.6 is 15.9 Å². The van der Waals surface area contributed by atoms with E-state index < -0.39 is 0 Å². The molecule has 4 nitrogen and oxygen atoms in total. The second-order valence-corrected chi connectivity index (χ2v) is 3.22. The van der Waals surface area contributed by atoms with Crippen LogP contribution in [-0.2, 0) is 0 Å². The molecule has 0 bridgehead atoms. The maximum absolute atomic E-state index is 7.78. The lowest BCUT2D eigenvalue weighted by atomic mass is 10.5. The van der Waals surface area contributed by atoms with E-state index in [2.05, 4.69) is 30.9 Å². The molecule has 0 aliphatic carbocycles. The largest absolute Gasteiger partial charge is 0.345 e. The highest BCUT2D eigenvalue weighted by Gasteiger charge is 2.05. The molecule has 3 aromatic heterocycles. The van der Waals surface area contributed by atoms with Gasteiger partial charge in [-0.05, 0) is 22.0 Å². The first-order chi connectivity index (χ1) is 8.00. The summed E-state index contributed by atoms with van der Waals surface area (Å²) in [5.74, 6) is 0. The Morgan fingerprint density at radius 1 is 1.46 bits per heavy atom. The van der Waals surface area contributed by atoms with Crippen LogP contribution in [0.1, 0.15) is 5.48 Å². The average Bonchev–Trinajstić information content (AvgIpc) is 2.70. The van der Waals surface area contributed by atoms with Crippen LogP contribution < -0.4 is 0 Å². The molecule has 13 heavy (non-hydrogen) atoms. The van der Waals surface area contributed by atoms with E-state index in [0.29, 0.717) is 10.1 Å². The van der Waals surface area contributed by atoms with Gasteiger partial charge in [0.05, 0.1) is 23.3 Å². The van der Waals surface area contributed by atoms with Crippen molar-refractivity contribution in [3.05, 3.63) is 29.2 Å². The summed E-state index contributed by atoms with van der Waals surface area (Å²) in [7, 11) is 0. The molecule has 0 atom stereocenters. The van der Waals surface area contributed by atoms with E-state index in [4.69, 9.17) is 5.48 Å². The summed E-state index contributed by atoms with van der Waals surface area (Å²) in [4.78, 5) is 10.4. The average molecular weight is 241 g/mol. The van der Waals surface area contributed by atoms with Gasteiger partial charge in [-0.2, -0.15) is 0 Å². The second kappa shape index (κ2) is 2.32. The van der Waals surface area contributed by atoms with E-state index >= 15 is 0 Å². The quantitative estimate of drug-likeness (QED) is 0.654. The van der Waals surface area contributed by atoms with Crippen LogP contribution in [0.15, 0.2) is 29.2 Å². The van der Waals surface area contributed by atoms with Gasteiger partial charge in [0, 0.05) is 6.17 Å². The summed E-state index contributed by atoms with van der Waals surface area (Å²) < 4.78 is 32.4. The van der Waals surface area contributed by atoms with E-state index in [9.17, 15) is 0 Å². The van der Waals surface area contributed by atoms with Gasteiger partial charge in [-0.15, -0.1) is 0 Å². The highest BCUT2D eigenvalue weighted by Crippen LogP contribution is 2.18. The van der Waals surface area contributed by atoms with Gasteiger partial charge in [-0.3, -0.25) is 4.40 Å². The summed E-state index contributed by atoms with van der Waals surface area (Å²) in [6.07, 6.45) is -0.204. The van der Waals surface area contributed by atoms with Crippen LogP contribution in [-0.4, -0.2) is 19.4 Å². The topological polar surface area (TPSA) is 46.0 Å². The molecule has 3 heterocycles. The third-order valence-electron chi connectivity index (χ3n) is 1.74. The zero-order valence-electron chi connectivity index (χ0n) is 10.2. The van der Waals surface area contributed by atoms with Gasteiger partial charge in [-0.25, -0.2) is 9.97 Å². The molecule has 0 aliphatic heterocycles. The molecule has 1 N–H and O–H groups in total. The van der Waals surface area contributed by atoms with Crippen molar-refractivity contribution in [3.8, 4) is 0 Å². The minimum Gasteiger partial charge on any atom is -0.345 e. The number of nitrogens with zero attached hydrogens (tertiary/aromatic N) is 3. The molecule has 0 unspecified atom stereocenters. The zero-order valence-corrected chi connectivity index (χ0v) is 7.81. The van der Waals surface area contributed by atoms with Crippen molar-refractivity contribution in [1.29, 1.82) is 0 Å². The predicted octanol–water partition coefficient (Wildman–Crippen LogP) is 1.97. The van der Waals surface area contributed by atoms with Gasteiger partial charge in [0.25, 0.3) is 0 Å². The van der Waals surface area contributed by atoms with Crippen LogP contribution in [0.25, 0.3) is 16.8 Å². The number of aromatic nitrogens is 4. The fraction of sp³-hybridized carbons (Fsp3) is 0. The van der Waals surface area contributed by atoms with E-state index in [1.165, 1.54) is 4.40 Å². The third-order valence-corrected chi connectivity index (χ3v) is 2.27. The molecule has 3 aromatic rings. The van der Waals surface area contributed by atoms with E-state index in [1.54, 1.807) is 0 Å². The Labute approximate surface area is 87.4 Å². The molecule has 0 aromatic carbocycles. The van der Waals surface area contributed by atoms with Crippen molar-refractivity contribution >= 4 is 32.7 Å². The number of hydrogen-bond acceptors (Lipinski definition) is 2. The lowest BCUT2D eigenvalue weighted by molar-refractivity contribution is 1.18. The molecule has 0 saturated carbocycles. The summed E-state index contributed by atoms with van der Waals surface area (Å²) in [5.41, 5.74) is 0.816. The van der Waals surface area contributed by atoms with Crippen LogP contribution in [0, 0.1) is 0 Å². The number of hydrogen-bond donors (Lipinski definition) is 1. The number of nitrogens with one attached hydrogen (secondary N) is 1. The normalized spacial score (nSPS) is 15.8. The Morgan fingerprint density at radius 2 is 2.38 bits per heavy atom. The number of rotatable bonds is 0. The molecule has 0 aliphatic rings. The fourth-order valence-corrected chi connectivity index (χ4v) is 1.62. The van der Waals surface area contributed by atoms with Crippen LogP contribution in [0.2, 0.25) is 0 Å². The van der Waals surface area contributed by atoms with Crippen molar-refractivity contribution in [2.24, 2.45) is 0 Å². The molecular weight excluding hydrogens is 232 g/mol. The van der Waals surface area contributed by atoms with Crippen LogP contribution in [0.5, 0.6) is 0 Å². The monoisotopic (exact) mass is 240 g/mol.